The molecule has 3 heteroatoms. The summed E-state index contributed by atoms with van der Waals surface area (Å²) < 4.78 is -0.160. The summed E-state index contributed by atoms with van der Waals surface area (Å²) in [4.78, 5) is 0. The van der Waals surface area contributed by atoms with Gasteiger partial charge in [-0.15, -0.1) is 0 Å². The van der Waals surface area contributed by atoms with E-state index in [4.69, 9.17) is 23.2 Å². The molecule has 0 nitrogen and oxygen atoms in total. The van der Waals surface area contributed by atoms with Gasteiger partial charge < -0.3 is 0 Å². The van der Waals surface area contributed by atoms with Crippen molar-refractivity contribution in [3.05, 3.63) is 0 Å². The Morgan fingerprint density at radius 2 is 1.50 bits per heavy atom. The van der Waals surface area contributed by atoms with Crippen LogP contribution in [0.2, 0.25) is 0 Å². The molecule has 0 atom stereocenters. The summed E-state index contributed by atoms with van der Waals surface area (Å²) in [6, 6.07) is 0. The average molecular weight is 154 g/mol. The van der Waals surface area contributed by atoms with Crippen molar-refractivity contribution in [2.45, 2.75) is 3.39 Å². The number of alkyl halides is 2. The third kappa shape index (κ3) is 10.7. The first-order valence-corrected chi connectivity index (χ1v) is 3.04. The van der Waals surface area contributed by atoms with Crippen molar-refractivity contribution < 1.29 is 0 Å². The molecule has 0 amide bonds. The number of hydrogen-bond acceptors (Lipinski definition) is 0. The first-order chi connectivity index (χ1) is 1.73. The van der Waals surface area contributed by atoms with Crippen LogP contribution in [-0.2, 0) is 0 Å². The molecule has 22 valence electrons. The van der Waals surface area contributed by atoms with Crippen LogP contribution in [0.15, 0.2) is 0 Å². The number of hydrogen-bond donors (Lipinski definition) is 0. The molecule has 0 fully saturated rings. The van der Waals surface area contributed by atoms with Gasteiger partial charge in [0.05, 0.1) is 0 Å². The second kappa shape index (κ2) is 2.45. The maximum absolute atomic E-state index is 5.07. The van der Waals surface area contributed by atoms with E-state index in [1.54, 1.807) is 0 Å². The van der Waals surface area contributed by atoms with E-state index in [2.05, 4.69) is 0 Å². The van der Waals surface area contributed by atoms with Crippen molar-refractivity contribution in [1.29, 1.82) is 0 Å². The van der Waals surface area contributed by atoms with Gasteiger partial charge in [-0.2, -0.15) is 0 Å². The summed E-state index contributed by atoms with van der Waals surface area (Å²) in [7, 11) is 0. The van der Waals surface area contributed by atoms with Gasteiger partial charge in [-0.3, -0.25) is 0 Å². The van der Waals surface area contributed by atoms with Crippen molar-refractivity contribution in [3.63, 3.8) is 0 Å². The molecule has 4 heavy (non-hydrogen) atoms. The van der Waals surface area contributed by atoms with Crippen LogP contribution >= 0.6 is 23.2 Å². The molecular formula is CHCl2Ga. The first kappa shape index (κ1) is 5.22. The summed E-state index contributed by atoms with van der Waals surface area (Å²) in [5, 5.41) is 0. The Balaban J connectivity index is 2.32. The van der Waals surface area contributed by atoms with E-state index in [0.717, 1.165) is 0 Å². The molecule has 0 rings (SSSR count). The van der Waals surface area contributed by atoms with Gasteiger partial charge in [-0.05, 0) is 0 Å². The Bertz CT molecular complexity index is 10.8. The maximum atomic E-state index is 5.07. The van der Waals surface area contributed by atoms with Crippen molar-refractivity contribution in [2.75, 3.05) is 0 Å². The van der Waals surface area contributed by atoms with Crippen molar-refractivity contribution >= 4 is 41.8 Å². The second-order valence-electron chi connectivity index (χ2n) is 0.334. The summed E-state index contributed by atoms with van der Waals surface area (Å²) in [5.41, 5.74) is 0. The van der Waals surface area contributed by atoms with E-state index in [9.17, 15) is 0 Å². The Labute approximate surface area is 45.4 Å². The molecule has 0 aromatic rings. The topological polar surface area (TPSA) is 0 Å². The van der Waals surface area contributed by atoms with Gasteiger partial charge in [0, 0.05) is 0 Å². The monoisotopic (exact) mass is 152 g/mol. The molecule has 0 bridgehead atoms. The molecule has 0 spiro atoms. The van der Waals surface area contributed by atoms with Crippen LogP contribution in [0, 0.1) is 0 Å². The van der Waals surface area contributed by atoms with Crippen LogP contribution in [0.1, 0.15) is 0 Å². The van der Waals surface area contributed by atoms with Crippen LogP contribution < -0.4 is 0 Å². The minimum absolute atomic E-state index is 0.160. The molecule has 0 aliphatic heterocycles. The first-order valence-electron chi connectivity index (χ1n) is 0.770. The van der Waals surface area contributed by atoms with E-state index in [1.165, 1.54) is 18.6 Å². The fraction of sp³-hybridized carbons (Fsp3) is 1.00. The van der Waals surface area contributed by atoms with Gasteiger partial charge in [0.1, 0.15) is 0 Å². The molecule has 0 unspecified atom stereocenters. The van der Waals surface area contributed by atoms with E-state index >= 15 is 0 Å². The third-order valence-electron chi connectivity index (χ3n) is 0. The van der Waals surface area contributed by atoms with Crippen molar-refractivity contribution in [3.8, 4) is 0 Å². The van der Waals surface area contributed by atoms with Crippen LogP contribution in [0.3, 0.4) is 0 Å². The number of halogens is 2. The standard InChI is InChI=1S/CHCl2.Ga/c2-1-3;/h1H;. The van der Waals surface area contributed by atoms with Gasteiger partial charge in [0.2, 0.25) is 0 Å². The van der Waals surface area contributed by atoms with Crippen molar-refractivity contribution in [1.82, 2.24) is 0 Å². The summed E-state index contributed by atoms with van der Waals surface area (Å²) in [6.07, 6.45) is 0. The molecule has 0 saturated carbocycles. The average Bonchev–Trinajstić information content (AvgIpc) is 0.811. The molecule has 0 aromatic carbocycles. The summed E-state index contributed by atoms with van der Waals surface area (Å²) in [5.74, 6) is 0. The Morgan fingerprint density at radius 3 is 1.50 bits per heavy atom. The fourth-order valence-electron chi connectivity index (χ4n) is 0. The van der Waals surface area contributed by atoms with Crippen LogP contribution in [0.25, 0.3) is 0 Å². The summed E-state index contributed by atoms with van der Waals surface area (Å²) in [6.45, 7) is 0. The molecule has 2 radical (unpaired) electrons. The number of rotatable bonds is 0. The fourth-order valence-corrected chi connectivity index (χ4v) is 0. The van der Waals surface area contributed by atoms with E-state index < -0.39 is 0 Å². The van der Waals surface area contributed by atoms with Crippen LogP contribution in [0.5, 0.6) is 0 Å². The Morgan fingerprint density at radius 1 is 1.50 bits per heavy atom. The zero-order chi connectivity index (χ0) is 3.58. The molecule has 0 aliphatic rings. The summed E-state index contributed by atoms with van der Waals surface area (Å²) >= 11 is 11.5. The predicted octanol–water partition coefficient (Wildman–Crippen LogP) is 0.916. The Kier molecular flexibility index (Phi) is 3.20. The molecule has 0 aromatic heterocycles. The molecule has 0 heterocycles. The zero-order valence-corrected chi connectivity index (χ0v) is 5.85. The van der Waals surface area contributed by atoms with Gasteiger partial charge in [-0.1, -0.05) is 0 Å². The SMILES string of the molecule is Cl[CH](Cl)[Ga]. The minimum atomic E-state index is -0.160. The zero-order valence-electron chi connectivity index (χ0n) is 1.91. The second-order valence-corrected chi connectivity index (χ2v) is 4.67. The van der Waals surface area contributed by atoms with E-state index in [0.29, 0.717) is 0 Å². The molecule has 0 aliphatic carbocycles. The van der Waals surface area contributed by atoms with E-state index in [-0.39, 0.29) is 3.39 Å². The van der Waals surface area contributed by atoms with Gasteiger partial charge in [0.25, 0.3) is 0 Å². The van der Waals surface area contributed by atoms with Crippen LogP contribution in [-0.4, -0.2) is 22.0 Å². The van der Waals surface area contributed by atoms with Gasteiger partial charge >= 0.3 is 45.2 Å². The van der Waals surface area contributed by atoms with Crippen LogP contribution in [0.4, 0.5) is 0 Å². The molecular weight excluding hydrogens is 153 g/mol. The third-order valence-corrected chi connectivity index (χ3v) is 0. The van der Waals surface area contributed by atoms with Gasteiger partial charge in [0.15, 0.2) is 0 Å². The molecule has 0 saturated heterocycles. The normalized spacial score (nSPS) is 8.75. The quantitative estimate of drug-likeness (QED) is 0.359. The molecule has 0 N–H and O–H groups in total. The van der Waals surface area contributed by atoms with E-state index in [1.807, 2.05) is 0 Å². The predicted molar refractivity (Wildman–Crippen MR) is 21.2 cm³/mol. The van der Waals surface area contributed by atoms with Crippen molar-refractivity contribution in [2.24, 2.45) is 0 Å². The van der Waals surface area contributed by atoms with Gasteiger partial charge in [-0.25, -0.2) is 0 Å². The Hall–Kier alpha value is 1.22.